The van der Waals surface area contributed by atoms with E-state index in [9.17, 15) is 14.4 Å². The Kier molecular flexibility index (Phi) is 7.58. The first-order valence-corrected chi connectivity index (χ1v) is 11.9. The number of pyridine rings is 2. The Balaban J connectivity index is 1.68. The van der Waals surface area contributed by atoms with E-state index in [-0.39, 0.29) is 23.3 Å². The molecule has 8 heteroatoms. The monoisotopic (exact) mass is 550 g/mol. The van der Waals surface area contributed by atoms with Gasteiger partial charge in [-0.15, -0.1) is 0 Å². The van der Waals surface area contributed by atoms with E-state index >= 15 is 0 Å². The number of carboxylic acid groups (broad SMARTS) is 1. The lowest BCUT2D eigenvalue weighted by molar-refractivity contribution is -0.121. The normalized spacial score (nSPS) is 11.7. The van der Waals surface area contributed by atoms with Gasteiger partial charge in [-0.25, -0.2) is 4.79 Å². The molecule has 0 saturated carbocycles. The van der Waals surface area contributed by atoms with Crippen molar-refractivity contribution < 1.29 is 14.7 Å². The van der Waals surface area contributed by atoms with E-state index in [1.54, 1.807) is 55.0 Å². The number of hydrogen-bond donors (Lipinski definition) is 1. The molecule has 0 aliphatic heterocycles. The average Bonchev–Trinajstić information content (AvgIpc) is 2.85. The number of aromatic nitrogens is 2. The van der Waals surface area contributed by atoms with Crippen molar-refractivity contribution >= 4 is 39.3 Å². The zero-order valence-corrected chi connectivity index (χ0v) is 20.7. The number of carboxylic acids is 1. The van der Waals surface area contributed by atoms with Crippen molar-refractivity contribution in [3.63, 3.8) is 0 Å². The molecule has 0 bridgehead atoms. The van der Waals surface area contributed by atoms with E-state index in [1.807, 2.05) is 12.1 Å². The minimum Gasteiger partial charge on any atom is -0.478 e. The quantitative estimate of drug-likeness (QED) is 0.307. The van der Waals surface area contributed by atoms with Gasteiger partial charge in [-0.3, -0.25) is 14.6 Å². The van der Waals surface area contributed by atoms with Crippen LogP contribution in [0.1, 0.15) is 27.5 Å². The van der Waals surface area contributed by atoms with Gasteiger partial charge >= 0.3 is 5.97 Å². The van der Waals surface area contributed by atoms with E-state index in [0.717, 1.165) is 15.6 Å². The molecule has 0 aliphatic rings. The van der Waals surface area contributed by atoms with Gasteiger partial charge in [-0.05, 0) is 64.7 Å². The van der Waals surface area contributed by atoms with E-state index in [1.165, 1.54) is 22.8 Å². The van der Waals surface area contributed by atoms with Crippen molar-refractivity contribution in [1.82, 2.24) is 9.55 Å². The molecule has 2 aromatic heterocycles. The Hall–Kier alpha value is -3.55. The van der Waals surface area contributed by atoms with E-state index in [4.69, 9.17) is 16.7 Å². The van der Waals surface area contributed by atoms with Crippen LogP contribution in [0.5, 0.6) is 0 Å². The van der Waals surface area contributed by atoms with Gasteiger partial charge in [0.05, 0.1) is 11.6 Å². The Morgan fingerprint density at radius 1 is 1.03 bits per heavy atom. The second-order valence-electron chi connectivity index (χ2n) is 8.01. The lowest BCUT2D eigenvalue weighted by Gasteiger charge is -2.20. The molecular weight excluding hydrogens is 532 g/mol. The summed E-state index contributed by atoms with van der Waals surface area (Å²) in [6.07, 6.45) is 5.29. The van der Waals surface area contributed by atoms with Crippen molar-refractivity contribution in [2.75, 3.05) is 0 Å². The van der Waals surface area contributed by atoms with Crippen LogP contribution in [-0.2, 0) is 17.6 Å². The topological polar surface area (TPSA) is 89.3 Å². The second kappa shape index (κ2) is 10.8. The molecule has 1 atom stereocenters. The minimum atomic E-state index is -1.03. The molecule has 0 fully saturated rings. The highest BCUT2D eigenvalue weighted by atomic mass is 79.9. The molecule has 2 heterocycles. The summed E-state index contributed by atoms with van der Waals surface area (Å²) in [5, 5.41) is 9.65. The third-order valence-electron chi connectivity index (χ3n) is 5.63. The third-order valence-corrected chi connectivity index (χ3v) is 6.55. The van der Waals surface area contributed by atoms with Crippen molar-refractivity contribution in [3.8, 4) is 11.1 Å². The van der Waals surface area contributed by atoms with Crippen LogP contribution in [0.4, 0.5) is 0 Å². The average molecular weight is 552 g/mol. The predicted octanol–water partition coefficient (Wildman–Crippen LogP) is 5.62. The lowest BCUT2D eigenvalue weighted by Crippen LogP contribution is -2.31. The van der Waals surface area contributed by atoms with Gasteiger partial charge in [0, 0.05) is 47.0 Å². The maximum absolute atomic E-state index is 13.4. The van der Waals surface area contributed by atoms with Crippen LogP contribution in [-0.4, -0.2) is 26.4 Å². The number of carbonyl (C=O) groups excluding carboxylic acids is 1. The smallest absolute Gasteiger partial charge is 0.335 e. The van der Waals surface area contributed by atoms with Crippen LogP contribution in [0.3, 0.4) is 0 Å². The van der Waals surface area contributed by atoms with E-state index in [2.05, 4.69) is 20.9 Å². The molecule has 4 aromatic rings. The summed E-state index contributed by atoms with van der Waals surface area (Å²) in [7, 11) is 0. The summed E-state index contributed by atoms with van der Waals surface area (Å²) in [5.41, 5.74) is 2.77. The molecule has 1 unspecified atom stereocenters. The Morgan fingerprint density at radius 2 is 1.80 bits per heavy atom. The van der Waals surface area contributed by atoms with Crippen LogP contribution >= 0.6 is 27.5 Å². The molecule has 0 saturated heterocycles. The fourth-order valence-electron chi connectivity index (χ4n) is 3.83. The van der Waals surface area contributed by atoms with Gasteiger partial charge in [0.1, 0.15) is 0 Å². The number of rotatable bonds is 8. The van der Waals surface area contributed by atoms with Gasteiger partial charge in [-0.2, -0.15) is 0 Å². The number of ketones is 1. The predicted molar refractivity (Wildman–Crippen MR) is 138 cm³/mol. The molecule has 0 aliphatic carbocycles. The van der Waals surface area contributed by atoms with Crippen LogP contribution in [0.25, 0.3) is 11.1 Å². The van der Waals surface area contributed by atoms with Gasteiger partial charge in [-0.1, -0.05) is 45.7 Å². The highest BCUT2D eigenvalue weighted by molar-refractivity contribution is 9.10. The van der Waals surface area contributed by atoms with Gasteiger partial charge < -0.3 is 9.67 Å². The number of nitrogens with zero attached hydrogens (tertiary/aromatic N) is 2. The van der Waals surface area contributed by atoms with Crippen LogP contribution in [0.2, 0.25) is 5.02 Å². The maximum Gasteiger partial charge on any atom is 0.335 e. The van der Waals surface area contributed by atoms with Crippen molar-refractivity contribution in [1.29, 1.82) is 0 Å². The zero-order valence-electron chi connectivity index (χ0n) is 18.4. The first kappa shape index (κ1) is 24.6. The fourth-order valence-corrected chi connectivity index (χ4v) is 4.47. The number of halogens is 2. The number of Topliss-reactive ketones (excluding diaryl/α,β-unsaturated/α-hetero) is 1. The Bertz CT molecular complexity index is 1440. The molecule has 0 amide bonds. The third kappa shape index (κ3) is 5.93. The molecule has 4 rings (SSSR count). The van der Waals surface area contributed by atoms with Gasteiger partial charge in [0.15, 0.2) is 5.78 Å². The largest absolute Gasteiger partial charge is 0.478 e. The van der Waals surface area contributed by atoms with Crippen LogP contribution < -0.4 is 5.56 Å². The SMILES string of the molecule is O=C(O)c1ccc(CC(=O)C(Cc2cccnc2)n2ccc(-c3cc(Cl)ccc3Br)cc2=O)cc1. The van der Waals surface area contributed by atoms with Crippen molar-refractivity contribution in [2.45, 2.75) is 18.9 Å². The molecule has 176 valence electrons. The van der Waals surface area contributed by atoms with E-state index < -0.39 is 12.0 Å². The Labute approximate surface area is 215 Å². The first-order chi connectivity index (χ1) is 16.8. The highest BCUT2D eigenvalue weighted by Gasteiger charge is 2.23. The number of aromatic carboxylic acids is 1. The first-order valence-electron chi connectivity index (χ1n) is 10.7. The molecule has 35 heavy (non-hydrogen) atoms. The lowest BCUT2D eigenvalue weighted by atomic mass is 9.97. The fraction of sp³-hybridized carbons (Fsp3) is 0.111. The summed E-state index contributed by atoms with van der Waals surface area (Å²) in [6.45, 7) is 0. The summed E-state index contributed by atoms with van der Waals surface area (Å²) < 4.78 is 2.23. The summed E-state index contributed by atoms with van der Waals surface area (Å²) in [4.78, 5) is 41.9. The van der Waals surface area contributed by atoms with Crippen LogP contribution in [0.15, 0.2) is 94.6 Å². The Morgan fingerprint density at radius 3 is 2.46 bits per heavy atom. The minimum absolute atomic E-state index is 0.0544. The molecule has 2 aromatic carbocycles. The number of hydrogen-bond acceptors (Lipinski definition) is 4. The van der Waals surface area contributed by atoms with Gasteiger partial charge in [0.25, 0.3) is 5.56 Å². The zero-order chi connectivity index (χ0) is 24.9. The molecule has 0 spiro atoms. The summed E-state index contributed by atoms with van der Waals surface area (Å²) in [5.74, 6) is -1.20. The van der Waals surface area contributed by atoms with Crippen LogP contribution in [0, 0.1) is 0 Å². The highest BCUT2D eigenvalue weighted by Crippen LogP contribution is 2.30. The summed E-state index contributed by atoms with van der Waals surface area (Å²) >= 11 is 9.63. The molecule has 1 N–H and O–H groups in total. The molecule has 6 nitrogen and oxygen atoms in total. The number of benzene rings is 2. The maximum atomic E-state index is 13.4. The van der Waals surface area contributed by atoms with E-state index in [0.29, 0.717) is 22.6 Å². The summed E-state index contributed by atoms with van der Waals surface area (Å²) in [6, 6.07) is 17.6. The van der Waals surface area contributed by atoms with Crippen molar-refractivity contribution in [2.24, 2.45) is 0 Å². The molecular formula is C27H20BrClN2O4. The number of carbonyl (C=O) groups is 2. The standard InChI is InChI=1S/C27H20BrClN2O4/c28-23-8-7-21(29)15-22(23)20-9-11-31(26(33)14-20)24(12-18-2-1-10-30-16-18)25(32)13-17-3-5-19(6-4-17)27(34)35/h1-11,14-16,24H,12-13H2,(H,34,35). The van der Waals surface area contributed by atoms with Crippen molar-refractivity contribution in [3.05, 3.63) is 122 Å². The second-order valence-corrected chi connectivity index (χ2v) is 9.30. The molecule has 0 radical (unpaired) electrons. The van der Waals surface area contributed by atoms with Gasteiger partial charge in [0.2, 0.25) is 0 Å².